The number of hydrogen-bond donors (Lipinski definition) is 1. The Morgan fingerprint density at radius 1 is 1.23 bits per heavy atom. The van der Waals surface area contributed by atoms with E-state index in [-0.39, 0.29) is 31.4 Å². The van der Waals surface area contributed by atoms with Crippen molar-refractivity contribution >= 4 is 29.3 Å². The van der Waals surface area contributed by atoms with Crippen LogP contribution in [0, 0.1) is 5.82 Å². The quantitative estimate of drug-likeness (QED) is 0.839. The van der Waals surface area contributed by atoms with Crippen LogP contribution in [-0.4, -0.2) is 37.8 Å². The van der Waals surface area contributed by atoms with Gasteiger partial charge in [-0.25, -0.2) is 9.18 Å². The highest BCUT2D eigenvalue weighted by atomic mass is 35.5. The zero-order valence-electron chi connectivity index (χ0n) is 13.7. The summed E-state index contributed by atoms with van der Waals surface area (Å²) in [7, 11) is 0. The van der Waals surface area contributed by atoms with Gasteiger partial charge in [0.1, 0.15) is 17.7 Å². The number of rotatable bonds is 6. The number of nitrogens with zero attached hydrogens (tertiary/aromatic N) is 1. The van der Waals surface area contributed by atoms with Gasteiger partial charge in [-0.15, -0.1) is 0 Å². The summed E-state index contributed by atoms with van der Waals surface area (Å²) in [5.41, 5.74) is 0.538. The molecular weight excluding hydrogens is 363 g/mol. The van der Waals surface area contributed by atoms with E-state index in [9.17, 15) is 14.0 Å². The third-order valence-corrected chi connectivity index (χ3v) is 3.97. The molecule has 0 aromatic heterocycles. The van der Waals surface area contributed by atoms with Gasteiger partial charge in [0, 0.05) is 10.7 Å². The predicted octanol–water partition coefficient (Wildman–Crippen LogP) is 3.00. The molecule has 6 nitrogen and oxygen atoms in total. The number of cyclic esters (lactones) is 1. The first-order chi connectivity index (χ1) is 12.5. The lowest BCUT2D eigenvalue weighted by molar-refractivity contribution is -0.123. The topological polar surface area (TPSA) is 67.9 Å². The molecule has 3 rings (SSSR count). The van der Waals surface area contributed by atoms with E-state index in [1.807, 2.05) is 0 Å². The second kappa shape index (κ2) is 8.05. The fraction of sp³-hybridized carbons (Fsp3) is 0.222. The van der Waals surface area contributed by atoms with Crippen molar-refractivity contribution in [2.45, 2.75) is 6.10 Å². The average molecular weight is 379 g/mol. The number of hydrogen-bond acceptors (Lipinski definition) is 4. The third kappa shape index (κ3) is 4.64. The summed E-state index contributed by atoms with van der Waals surface area (Å²) in [5, 5.41) is 3.23. The van der Waals surface area contributed by atoms with Crippen LogP contribution in [0.1, 0.15) is 0 Å². The molecule has 2 amide bonds. The first-order valence-corrected chi connectivity index (χ1v) is 8.28. The highest BCUT2D eigenvalue weighted by molar-refractivity contribution is 6.30. The molecule has 2 aromatic rings. The number of nitrogens with one attached hydrogen (secondary N) is 1. The van der Waals surface area contributed by atoms with Crippen LogP contribution in [0.25, 0.3) is 0 Å². The molecule has 2 aromatic carbocycles. The van der Waals surface area contributed by atoms with E-state index in [0.717, 1.165) is 0 Å². The van der Waals surface area contributed by atoms with Crippen LogP contribution in [0.4, 0.5) is 14.9 Å². The van der Waals surface area contributed by atoms with Crippen molar-refractivity contribution in [3.05, 3.63) is 59.4 Å². The molecule has 1 aliphatic rings. The second-order valence-corrected chi connectivity index (χ2v) is 6.08. The largest absolute Gasteiger partial charge is 0.484 e. The number of benzene rings is 2. The Hall–Kier alpha value is -2.80. The van der Waals surface area contributed by atoms with Crippen LogP contribution in [0.5, 0.6) is 5.75 Å². The zero-order chi connectivity index (χ0) is 18.5. The maximum atomic E-state index is 13.0. The minimum atomic E-state index is -0.534. The monoisotopic (exact) mass is 378 g/mol. The van der Waals surface area contributed by atoms with Crippen molar-refractivity contribution in [3.63, 3.8) is 0 Å². The highest BCUT2D eigenvalue weighted by Crippen LogP contribution is 2.21. The number of ether oxygens (including phenoxy) is 2. The van der Waals surface area contributed by atoms with E-state index in [1.54, 1.807) is 24.3 Å². The molecular formula is C18H16ClFN2O4. The van der Waals surface area contributed by atoms with Crippen molar-refractivity contribution in [2.24, 2.45) is 0 Å². The molecule has 0 bridgehead atoms. The number of carbonyl (C=O) groups excluding carboxylic acids is 2. The lowest BCUT2D eigenvalue weighted by atomic mass is 10.2. The summed E-state index contributed by atoms with van der Waals surface area (Å²) >= 11 is 5.77. The van der Waals surface area contributed by atoms with Gasteiger partial charge in [-0.05, 0) is 48.5 Å². The molecule has 1 saturated heterocycles. The fourth-order valence-corrected chi connectivity index (χ4v) is 2.54. The molecule has 0 aliphatic carbocycles. The molecule has 1 N–H and O–H groups in total. The predicted molar refractivity (Wildman–Crippen MR) is 94.0 cm³/mol. The molecule has 1 heterocycles. The minimum absolute atomic E-state index is 0.159. The number of carbonyl (C=O) groups is 2. The highest BCUT2D eigenvalue weighted by Gasteiger charge is 2.32. The molecule has 1 aliphatic heterocycles. The summed E-state index contributed by atoms with van der Waals surface area (Å²) in [6.45, 7) is 0.263. The fourth-order valence-electron chi connectivity index (χ4n) is 2.42. The van der Waals surface area contributed by atoms with Gasteiger partial charge in [0.25, 0.3) is 5.91 Å². The number of anilines is 1. The summed E-state index contributed by atoms with van der Waals surface area (Å²) in [5.74, 6) is -0.193. The molecule has 0 radical (unpaired) electrons. The molecule has 26 heavy (non-hydrogen) atoms. The second-order valence-electron chi connectivity index (χ2n) is 5.64. The van der Waals surface area contributed by atoms with Gasteiger partial charge < -0.3 is 14.8 Å². The normalized spacial score (nSPS) is 16.3. The minimum Gasteiger partial charge on any atom is -0.484 e. The lowest BCUT2D eigenvalue weighted by Crippen LogP contribution is -2.37. The summed E-state index contributed by atoms with van der Waals surface area (Å²) in [6.07, 6.45) is -1.03. The number of amides is 2. The average Bonchev–Trinajstić information content (AvgIpc) is 3.01. The van der Waals surface area contributed by atoms with Crippen molar-refractivity contribution in [1.82, 2.24) is 5.32 Å². The van der Waals surface area contributed by atoms with E-state index in [2.05, 4.69) is 5.32 Å². The van der Waals surface area contributed by atoms with Crippen molar-refractivity contribution in [1.29, 1.82) is 0 Å². The van der Waals surface area contributed by atoms with Crippen LogP contribution in [0.2, 0.25) is 5.02 Å². The first-order valence-electron chi connectivity index (χ1n) is 7.90. The van der Waals surface area contributed by atoms with Crippen LogP contribution in [0.3, 0.4) is 0 Å². The molecule has 1 unspecified atom stereocenters. The zero-order valence-corrected chi connectivity index (χ0v) is 14.4. The van der Waals surface area contributed by atoms with Crippen molar-refractivity contribution < 1.29 is 23.5 Å². The maximum absolute atomic E-state index is 13.0. The van der Waals surface area contributed by atoms with E-state index in [1.165, 1.54) is 29.2 Å². The van der Waals surface area contributed by atoms with Crippen LogP contribution in [0.15, 0.2) is 48.5 Å². The van der Waals surface area contributed by atoms with Gasteiger partial charge in [0.05, 0.1) is 13.1 Å². The Labute approximate surface area is 154 Å². The Morgan fingerprint density at radius 2 is 1.92 bits per heavy atom. The summed E-state index contributed by atoms with van der Waals surface area (Å²) in [4.78, 5) is 25.2. The van der Waals surface area contributed by atoms with Gasteiger partial charge in [0.2, 0.25) is 0 Å². The summed E-state index contributed by atoms with van der Waals surface area (Å²) < 4.78 is 23.5. The molecule has 0 saturated carbocycles. The van der Waals surface area contributed by atoms with E-state index in [4.69, 9.17) is 21.1 Å². The third-order valence-electron chi connectivity index (χ3n) is 3.72. The van der Waals surface area contributed by atoms with E-state index < -0.39 is 12.2 Å². The lowest BCUT2D eigenvalue weighted by Gasteiger charge is -2.13. The van der Waals surface area contributed by atoms with E-state index >= 15 is 0 Å². The van der Waals surface area contributed by atoms with Gasteiger partial charge in [0.15, 0.2) is 6.61 Å². The van der Waals surface area contributed by atoms with Gasteiger partial charge in [-0.1, -0.05) is 11.6 Å². The SMILES string of the molecule is O=C(COc1ccc(Cl)cc1)NCC1CN(c2ccc(F)cc2)C(=O)O1. The standard InChI is InChI=1S/C18H16ClFN2O4/c19-12-1-7-15(8-2-12)25-11-17(23)21-9-16-10-22(18(24)26-16)14-5-3-13(20)4-6-14/h1-8,16H,9-11H2,(H,21,23). The first kappa shape index (κ1) is 18.0. The maximum Gasteiger partial charge on any atom is 0.414 e. The Kier molecular flexibility index (Phi) is 5.58. The van der Waals surface area contributed by atoms with Gasteiger partial charge in [-0.2, -0.15) is 0 Å². The number of halogens is 2. The Bertz CT molecular complexity index is 783. The van der Waals surface area contributed by atoms with Crippen LogP contribution >= 0.6 is 11.6 Å². The molecule has 8 heteroatoms. The van der Waals surface area contributed by atoms with Crippen molar-refractivity contribution in [2.75, 3.05) is 24.6 Å². The van der Waals surface area contributed by atoms with Crippen LogP contribution in [-0.2, 0) is 9.53 Å². The molecule has 136 valence electrons. The van der Waals surface area contributed by atoms with E-state index in [0.29, 0.717) is 16.5 Å². The molecule has 1 fully saturated rings. The smallest absolute Gasteiger partial charge is 0.414 e. The Balaban J connectivity index is 1.44. The molecule has 0 spiro atoms. The molecule has 1 atom stereocenters. The van der Waals surface area contributed by atoms with Crippen LogP contribution < -0.4 is 15.0 Å². The summed E-state index contributed by atoms with van der Waals surface area (Å²) in [6, 6.07) is 12.2. The van der Waals surface area contributed by atoms with Gasteiger partial charge in [-0.3, -0.25) is 9.69 Å². The Morgan fingerprint density at radius 3 is 2.62 bits per heavy atom. The van der Waals surface area contributed by atoms with Crippen molar-refractivity contribution in [3.8, 4) is 5.75 Å². The van der Waals surface area contributed by atoms with Gasteiger partial charge >= 0.3 is 6.09 Å².